The molecule has 0 saturated carbocycles. The fourth-order valence-electron chi connectivity index (χ4n) is 3.29. The SMILES string of the molecule is COc1ccc(S(=O)(=O)NCCN2CCN(c3ccc(F)cc3)CC2)c(OC)c1. The molecule has 0 bridgehead atoms. The minimum Gasteiger partial charge on any atom is -0.497 e. The van der Waals surface area contributed by atoms with E-state index in [1.807, 2.05) is 0 Å². The number of rotatable bonds is 8. The Hall–Kier alpha value is -2.36. The summed E-state index contributed by atoms with van der Waals surface area (Å²) in [4.78, 5) is 4.48. The van der Waals surface area contributed by atoms with Crippen LogP contribution in [0.2, 0.25) is 0 Å². The van der Waals surface area contributed by atoms with Gasteiger partial charge in [0, 0.05) is 51.0 Å². The molecule has 2 aromatic carbocycles. The van der Waals surface area contributed by atoms with E-state index in [1.165, 1.54) is 32.4 Å². The number of methoxy groups -OCH3 is 2. The second-order valence-electron chi connectivity index (χ2n) is 6.72. The second-order valence-corrected chi connectivity index (χ2v) is 8.46. The molecule has 0 aliphatic carbocycles. The normalized spacial score (nSPS) is 15.3. The van der Waals surface area contributed by atoms with Crippen molar-refractivity contribution in [1.82, 2.24) is 9.62 Å². The topological polar surface area (TPSA) is 71.1 Å². The summed E-state index contributed by atoms with van der Waals surface area (Å²) in [5.74, 6) is 0.526. The summed E-state index contributed by atoms with van der Waals surface area (Å²) in [6, 6.07) is 11.1. The lowest BCUT2D eigenvalue weighted by Gasteiger charge is -2.36. The third-order valence-electron chi connectivity index (χ3n) is 4.94. The molecule has 1 saturated heterocycles. The number of halogens is 1. The van der Waals surface area contributed by atoms with Gasteiger partial charge in [0.25, 0.3) is 0 Å². The minimum absolute atomic E-state index is 0.0851. The fourth-order valence-corrected chi connectivity index (χ4v) is 4.46. The van der Waals surface area contributed by atoms with Gasteiger partial charge in [0.2, 0.25) is 10.0 Å². The largest absolute Gasteiger partial charge is 0.497 e. The van der Waals surface area contributed by atoms with E-state index >= 15 is 0 Å². The van der Waals surface area contributed by atoms with Crippen LogP contribution >= 0.6 is 0 Å². The molecule has 0 spiro atoms. The molecule has 1 heterocycles. The Kier molecular flexibility index (Phi) is 6.94. The molecule has 1 aliphatic rings. The van der Waals surface area contributed by atoms with Gasteiger partial charge in [-0.15, -0.1) is 0 Å². The van der Waals surface area contributed by atoms with Gasteiger partial charge in [-0.1, -0.05) is 0 Å². The van der Waals surface area contributed by atoms with Gasteiger partial charge in [0.05, 0.1) is 14.2 Å². The van der Waals surface area contributed by atoms with Gasteiger partial charge in [-0.25, -0.2) is 17.5 Å². The highest BCUT2D eigenvalue weighted by Gasteiger charge is 2.21. The van der Waals surface area contributed by atoms with Gasteiger partial charge < -0.3 is 14.4 Å². The monoisotopic (exact) mass is 423 g/mol. The molecule has 158 valence electrons. The first-order chi connectivity index (χ1) is 13.9. The van der Waals surface area contributed by atoms with Crippen LogP contribution in [0.3, 0.4) is 0 Å². The van der Waals surface area contributed by atoms with Crippen molar-refractivity contribution in [1.29, 1.82) is 0 Å². The molecule has 1 aliphatic heterocycles. The first kappa shape index (κ1) is 21.4. The van der Waals surface area contributed by atoms with E-state index in [4.69, 9.17) is 9.47 Å². The van der Waals surface area contributed by atoms with Crippen molar-refractivity contribution in [2.45, 2.75) is 4.90 Å². The highest BCUT2D eigenvalue weighted by Crippen LogP contribution is 2.28. The van der Waals surface area contributed by atoms with E-state index in [-0.39, 0.29) is 16.5 Å². The zero-order valence-electron chi connectivity index (χ0n) is 16.6. The van der Waals surface area contributed by atoms with Crippen LogP contribution in [-0.2, 0) is 10.0 Å². The Morgan fingerprint density at radius 2 is 1.69 bits per heavy atom. The Bertz CT molecular complexity index is 914. The molecule has 0 amide bonds. The predicted molar refractivity (Wildman–Crippen MR) is 110 cm³/mol. The van der Waals surface area contributed by atoms with Crippen molar-refractivity contribution in [3.8, 4) is 11.5 Å². The van der Waals surface area contributed by atoms with Gasteiger partial charge >= 0.3 is 0 Å². The van der Waals surface area contributed by atoms with Crippen LogP contribution < -0.4 is 19.1 Å². The summed E-state index contributed by atoms with van der Waals surface area (Å²) < 4.78 is 51.3. The van der Waals surface area contributed by atoms with E-state index in [0.717, 1.165) is 31.9 Å². The van der Waals surface area contributed by atoms with Crippen LogP contribution in [0.5, 0.6) is 11.5 Å². The fraction of sp³-hybridized carbons (Fsp3) is 0.400. The van der Waals surface area contributed by atoms with E-state index in [9.17, 15) is 12.8 Å². The molecular formula is C20H26FN3O4S. The summed E-state index contributed by atoms with van der Waals surface area (Å²) in [6.07, 6.45) is 0. The number of anilines is 1. The maximum Gasteiger partial charge on any atom is 0.244 e. The number of nitrogens with zero attached hydrogens (tertiary/aromatic N) is 2. The third-order valence-corrected chi connectivity index (χ3v) is 6.44. The van der Waals surface area contributed by atoms with E-state index in [1.54, 1.807) is 24.3 Å². The Labute approximate surface area is 171 Å². The van der Waals surface area contributed by atoms with Gasteiger partial charge in [0.15, 0.2) is 0 Å². The van der Waals surface area contributed by atoms with Crippen LogP contribution in [0.25, 0.3) is 0 Å². The molecular weight excluding hydrogens is 397 g/mol. The number of hydrogen-bond acceptors (Lipinski definition) is 6. The number of hydrogen-bond donors (Lipinski definition) is 1. The maximum atomic E-state index is 13.1. The molecule has 0 aromatic heterocycles. The summed E-state index contributed by atoms with van der Waals surface area (Å²) in [6.45, 7) is 4.15. The first-order valence-electron chi connectivity index (χ1n) is 9.37. The van der Waals surface area contributed by atoms with Crippen LogP contribution in [0.4, 0.5) is 10.1 Å². The molecule has 7 nitrogen and oxygen atoms in total. The Morgan fingerprint density at radius 1 is 1.00 bits per heavy atom. The first-order valence-corrected chi connectivity index (χ1v) is 10.9. The van der Waals surface area contributed by atoms with E-state index < -0.39 is 10.0 Å². The average molecular weight is 424 g/mol. The third kappa shape index (κ3) is 5.37. The molecule has 0 atom stereocenters. The average Bonchev–Trinajstić information content (AvgIpc) is 2.74. The van der Waals surface area contributed by atoms with E-state index in [0.29, 0.717) is 18.8 Å². The quantitative estimate of drug-likeness (QED) is 0.700. The lowest BCUT2D eigenvalue weighted by molar-refractivity contribution is 0.262. The van der Waals surface area contributed by atoms with Crippen molar-refractivity contribution >= 4 is 15.7 Å². The zero-order chi connectivity index (χ0) is 20.9. The number of benzene rings is 2. The molecule has 3 rings (SSSR count). The highest BCUT2D eigenvalue weighted by molar-refractivity contribution is 7.89. The molecule has 1 fully saturated rings. The smallest absolute Gasteiger partial charge is 0.244 e. The highest BCUT2D eigenvalue weighted by atomic mass is 32.2. The van der Waals surface area contributed by atoms with Gasteiger partial charge in [-0.2, -0.15) is 0 Å². The van der Waals surface area contributed by atoms with Crippen molar-refractivity contribution in [3.05, 3.63) is 48.3 Å². The lowest BCUT2D eigenvalue weighted by atomic mass is 10.2. The van der Waals surface area contributed by atoms with Crippen molar-refractivity contribution in [3.63, 3.8) is 0 Å². The Balaban J connectivity index is 1.51. The molecule has 0 radical (unpaired) electrons. The van der Waals surface area contributed by atoms with Crippen molar-refractivity contribution < 1.29 is 22.3 Å². The number of piperazine rings is 1. The summed E-state index contributed by atoms with van der Waals surface area (Å²) in [7, 11) is -0.754. The zero-order valence-corrected chi connectivity index (χ0v) is 17.4. The van der Waals surface area contributed by atoms with Crippen LogP contribution in [0, 0.1) is 5.82 Å². The van der Waals surface area contributed by atoms with Crippen LogP contribution in [0.1, 0.15) is 0 Å². The van der Waals surface area contributed by atoms with Gasteiger partial charge in [-0.3, -0.25) is 4.90 Å². The number of nitrogens with one attached hydrogen (secondary N) is 1. The predicted octanol–water partition coefficient (Wildman–Crippen LogP) is 1.94. The van der Waals surface area contributed by atoms with Crippen LogP contribution in [-0.4, -0.2) is 66.8 Å². The molecule has 9 heteroatoms. The lowest BCUT2D eigenvalue weighted by Crippen LogP contribution is -2.48. The van der Waals surface area contributed by atoms with Crippen molar-refractivity contribution in [2.75, 3.05) is 58.4 Å². The summed E-state index contributed by atoms with van der Waals surface area (Å²) in [5.41, 5.74) is 0.998. The molecule has 1 N–H and O–H groups in total. The maximum absolute atomic E-state index is 13.1. The molecule has 29 heavy (non-hydrogen) atoms. The minimum atomic E-state index is -3.69. The number of ether oxygens (including phenoxy) is 2. The molecule has 2 aromatic rings. The van der Waals surface area contributed by atoms with Gasteiger partial charge in [-0.05, 0) is 36.4 Å². The van der Waals surface area contributed by atoms with Gasteiger partial charge in [0.1, 0.15) is 22.2 Å². The second kappa shape index (κ2) is 9.43. The van der Waals surface area contributed by atoms with Crippen LogP contribution in [0.15, 0.2) is 47.4 Å². The summed E-state index contributed by atoms with van der Waals surface area (Å²) in [5, 5.41) is 0. The number of sulfonamides is 1. The standard InChI is InChI=1S/C20H26FN3O4S/c1-27-18-7-8-20(19(15-18)28-2)29(25,26)22-9-10-23-11-13-24(14-12-23)17-5-3-16(21)4-6-17/h3-8,15,22H,9-14H2,1-2H3. The van der Waals surface area contributed by atoms with Crippen molar-refractivity contribution in [2.24, 2.45) is 0 Å². The van der Waals surface area contributed by atoms with E-state index in [2.05, 4.69) is 14.5 Å². The summed E-state index contributed by atoms with van der Waals surface area (Å²) >= 11 is 0. The molecule has 0 unspecified atom stereocenters. The Morgan fingerprint density at radius 3 is 2.31 bits per heavy atom.